The highest BCUT2D eigenvalue weighted by Crippen LogP contribution is 2.49. The van der Waals surface area contributed by atoms with E-state index in [1.165, 1.54) is 5.56 Å². The third kappa shape index (κ3) is 2.94. The Bertz CT molecular complexity index is 507. The number of carbonyl (C=O) groups is 1. The van der Waals surface area contributed by atoms with Gasteiger partial charge in [0.15, 0.2) is 0 Å². The third-order valence-corrected chi connectivity index (χ3v) is 4.90. The van der Waals surface area contributed by atoms with Crippen LogP contribution in [0.15, 0.2) is 10.5 Å². The van der Waals surface area contributed by atoms with E-state index in [0.717, 1.165) is 34.2 Å². The van der Waals surface area contributed by atoms with Crippen LogP contribution in [0.4, 0.5) is 0 Å². The van der Waals surface area contributed by atoms with Crippen molar-refractivity contribution in [3.05, 3.63) is 27.2 Å². The van der Waals surface area contributed by atoms with Gasteiger partial charge in [-0.25, -0.2) is 0 Å². The van der Waals surface area contributed by atoms with E-state index in [2.05, 4.69) is 22.0 Å². The maximum atomic E-state index is 11.1. The van der Waals surface area contributed by atoms with E-state index in [0.29, 0.717) is 5.92 Å². The number of carboxylic acids is 1. The molecule has 1 fully saturated rings. The topological polar surface area (TPSA) is 46.5 Å². The van der Waals surface area contributed by atoms with Gasteiger partial charge in [-0.3, -0.25) is 4.79 Å². The maximum Gasteiger partial charge on any atom is 0.303 e. The first-order chi connectivity index (χ1) is 8.95. The molecule has 1 aliphatic carbocycles. The minimum Gasteiger partial charge on any atom is -0.495 e. The summed E-state index contributed by atoms with van der Waals surface area (Å²) in [5.74, 6) is 0.594. The summed E-state index contributed by atoms with van der Waals surface area (Å²) in [5.41, 5.74) is 3.34. The monoisotopic (exact) mass is 326 g/mol. The minimum absolute atomic E-state index is 0.0584. The van der Waals surface area contributed by atoms with E-state index in [9.17, 15) is 4.79 Å². The lowest BCUT2D eigenvalue weighted by molar-refractivity contribution is -0.137. The van der Waals surface area contributed by atoms with E-state index < -0.39 is 5.97 Å². The summed E-state index contributed by atoms with van der Waals surface area (Å²) in [4.78, 5) is 11.1. The van der Waals surface area contributed by atoms with Crippen molar-refractivity contribution in [2.45, 2.75) is 39.0 Å². The lowest BCUT2D eigenvalue weighted by Crippen LogP contribution is -2.11. The summed E-state index contributed by atoms with van der Waals surface area (Å²) in [6.07, 6.45) is 2.41. The van der Waals surface area contributed by atoms with Gasteiger partial charge in [0.25, 0.3) is 0 Å². The van der Waals surface area contributed by atoms with Crippen molar-refractivity contribution in [2.24, 2.45) is 5.92 Å². The lowest BCUT2D eigenvalue weighted by atomic mass is 9.88. The highest BCUT2D eigenvalue weighted by atomic mass is 79.9. The van der Waals surface area contributed by atoms with Crippen LogP contribution < -0.4 is 4.74 Å². The average Bonchev–Trinajstić information content (AvgIpc) is 3.17. The molecule has 104 valence electrons. The Balaban J connectivity index is 2.49. The fraction of sp³-hybridized carbons (Fsp3) is 0.533. The van der Waals surface area contributed by atoms with Gasteiger partial charge in [0.1, 0.15) is 5.75 Å². The quantitative estimate of drug-likeness (QED) is 0.888. The van der Waals surface area contributed by atoms with Gasteiger partial charge in [-0.15, -0.1) is 0 Å². The van der Waals surface area contributed by atoms with E-state index in [4.69, 9.17) is 9.84 Å². The number of hydrogen-bond donors (Lipinski definition) is 1. The molecule has 0 spiro atoms. The van der Waals surface area contributed by atoms with Crippen LogP contribution in [0, 0.1) is 19.8 Å². The number of rotatable bonds is 5. The molecule has 19 heavy (non-hydrogen) atoms. The van der Waals surface area contributed by atoms with Gasteiger partial charge in [0, 0.05) is 5.92 Å². The molecule has 1 N–H and O–H groups in total. The predicted molar refractivity (Wildman–Crippen MR) is 77.9 cm³/mol. The van der Waals surface area contributed by atoms with Crippen LogP contribution in [-0.4, -0.2) is 18.2 Å². The Hall–Kier alpha value is -1.03. The number of hydrogen-bond acceptors (Lipinski definition) is 2. The first-order valence-corrected chi connectivity index (χ1v) is 7.30. The molecule has 0 radical (unpaired) electrons. The Kier molecular flexibility index (Phi) is 4.19. The van der Waals surface area contributed by atoms with E-state index >= 15 is 0 Å². The van der Waals surface area contributed by atoms with Crippen molar-refractivity contribution in [2.75, 3.05) is 7.11 Å². The second-order valence-corrected chi connectivity index (χ2v) is 6.09. The molecule has 3 nitrogen and oxygen atoms in total. The molecule has 0 amide bonds. The molecule has 1 aromatic carbocycles. The molecule has 1 aromatic rings. The summed E-state index contributed by atoms with van der Waals surface area (Å²) >= 11 is 3.57. The zero-order valence-corrected chi connectivity index (χ0v) is 13.1. The number of benzene rings is 1. The summed E-state index contributed by atoms with van der Waals surface area (Å²) in [6, 6.07) is 2.09. The van der Waals surface area contributed by atoms with Crippen molar-refractivity contribution in [3.63, 3.8) is 0 Å². The van der Waals surface area contributed by atoms with Crippen molar-refractivity contribution >= 4 is 21.9 Å². The Morgan fingerprint density at radius 2 is 2.16 bits per heavy atom. The number of aliphatic carboxylic acids is 1. The normalized spacial score (nSPS) is 16.2. The Labute approximate surface area is 122 Å². The first kappa shape index (κ1) is 14.4. The number of carboxylic acid groups (broad SMARTS) is 1. The smallest absolute Gasteiger partial charge is 0.303 e. The number of methoxy groups -OCH3 is 1. The van der Waals surface area contributed by atoms with Crippen LogP contribution in [0.5, 0.6) is 5.75 Å². The number of aryl methyl sites for hydroxylation is 1. The molecular weight excluding hydrogens is 308 g/mol. The highest BCUT2D eigenvalue weighted by Gasteiger charge is 2.36. The van der Waals surface area contributed by atoms with Gasteiger partial charge in [0.05, 0.1) is 18.0 Å². The van der Waals surface area contributed by atoms with Crippen molar-refractivity contribution in [1.82, 2.24) is 0 Å². The largest absolute Gasteiger partial charge is 0.495 e. The van der Waals surface area contributed by atoms with Crippen molar-refractivity contribution in [1.29, 1.82) is 0 Å². The second kappa shape index (κ2) is 5.53. The fourth-order valence-electron chi connectivity index (χ4n) is 2.58. The van der Waals surface area contributed by atoms with Crippen LogP contribution in [-0.2, 0) is 4.79 Å². The van der Waals surface area contributed by atoms with Gasteiger partial charge < -0.3 is 9.84 Å². The summed E-state index contributed by atoms with van der Waals surface area (Å²) in [5, 5.41) is 9.13. The van der Waals surface area contributed by atoms with Crippen molar-refractivity contribution in [3.8, 4) is 5.75 Å². The molecule has 1 atom stereocenters. The average molecular weight is 327 g/mol. The first-order valence-electron chi connectivity index (χ1n) is 6.51. The molecule has 0 aliphatic heterocycles. The predicted octanol–water partition coefficient (Wildman–Crippen LogP) is 4.04. The molecule has 1 saturated carbocycles. The van der Waals surface area contributed by atoms with Gasteiger partial charge in [-0.2, -0.15) is 0 Å². The maximum absolute atomic E-state index is 11.1. The number of ether oxygens (including phenoxy) is 1. The van der Waals surface area contributed by atoms with Crippen LogP contribution in [0.2, 0.25) is 0 Å². The number of halogens is 1. The molecule has 0 saturated heterocycles. The SMILES string of the molecule is COc1c(C(CC(=O)O)C2CC2)cc(C)c(C)c1Br. The zero-order chi connectivity index (χ0) is 14.2. The molecule has 1 aliphatic rings. The molecule has 1 unspecified atom stereocenters. The summed E-state index contributed by atoms with van der Waals surface area (Å²) in [7, 11) is 1.64. The molecule has 2 rings (SSSR count). The van der Waals surface area contributed by atoms with Crippen LogP contribution >= 0.6 is 15.9 Å². The minimum atomic E-state index is -0.742. The Morgan fingerprint density at radius 3 is 2.63 bits per heavy atom. The lowest BCUT2D eigenvalue weighted by Gasteiger charge is -2.21. The van der Waals surface area contributed by atoms with Crippen LogP contribution in [0.3, 0.4) is 0 Å². The molecule has 0 heterocycles. The molecule has 0 aromatic heterocycles. The van der Waals surface area contributed by atoms with E-state index in [1.54, 1.807) is 7.11 Å². The van der Waals surface area contributed by atoms with Crippen molar-refractivity contribution < 1.29 is 14.6 Å². The van der Waals surface area contributed by atoms with Gasteiger partial charge in [0.2, 0.25) is 0 Å². The second-order valence-electron chi connectivity index (χ2n) is 5.30. The van der Waals surface area contributed by atoms with E-state index in [1.807, 2.05) is 13.8 Å². The van der Waals surface area contributed by atoms with Gasteiger partial charge in [-0.1, -0.05) is 6.07 Å². The highest BCUT2D eigenvalue weighted by molar-refractivity contribution is 9.10. The molecule has 4 heteroatoms. The van der Waals surface area contributed by atoms with Crippen LogP contribution in [0.25, 0.3) is 0 Å². The molecular formula is C15H19BrO3. The van der Waals surface area contributed by atoms with E-state index in [-0.39, 0.29) is 12.3 Å². The summed E-state index contributed by atoms with van der Waals surface area (Å²) in [6.45, 7) is 4.09. The standard InChI is InChI=1S/C15H19BrO3/c1-8-6-12(15(19-3)14(16)9(8)2)11(7-13(17)18)10-4-5-10/h6,10-11H,4-5,7H2,1-3H3,(H,17,18). The summed E-state index contributed by atoms with van der Waals surface area (Å²) < 4.78 is 6.46. The zero-order valence-electron chi connectivity index (χ0n) is 11.5. The molecule has 0 bridgehead atoms. The van der Waals surface area contributed by atoms with Crippen LogP contribution in [0.1, 0.15) is 41.9 Å². The third-order valence-electron chi connectivity index (χ3n) is 3.94. The fourth-order valence-corrected chi connectivity index (χ4v) is 3.28. The van der Waals surface area contributed by atoms with Gasteiger partial charge in [-0.05, 0) is 65.2 Å². The van der Waals surface area contributed by atoms with Gasteiger partial charge >= 0.3 is 5.97 Å². The Morgan fingerprint density at radius 1 is 1.53 bits per heavy atom.